The topological polar surface area (TPSA) is 86.8 Å². The third kappa shape index (κ3) is 7.24. The number of hydrogen-bond acceptors (Lipinski definition) is 4. The predicted octanol–water partition coefficient (Wildman–Crippen LogP) is 3.30. The van der Waals surface area contributed by atoms with Gasteiger partial charge in [0, 0.05) is 18.1 Å². The Labute approximate surface area is 195 Å². The highest BCUT2D eigenvalue weighted by Crippen LogP contribution is 2.21. The fourth-order valence-electron chi connectivity index (χ4n) is 3.05. The van der Waals surface area contributed by atoms with Crippen molar-refractivity contribution in [2.45, 2.75) is 33.4 Å². The second kappa shape index (κ2) is 11.3. The molecule has 1 N–H and O–H groups in total. The third-order valence-corrected chi connectivity index (χ3v) is 6.38. The molecule has 0 heterocycles. The maximum Gasteiger partial charge on any atom is 0.244 e. The van der Waals surface area contributed by atoms with Gasteiger partial charge in [-0.05, 0) is 36.6 Å². The van der Waals surface area contributed by atoms with E-state index in [1.165, 1.54) is 4.90 Å². The van der Waals surface area contributed by atoms with Crippen LogP contribution in [0.25, 0.3) is 0 Å². The van der Waals surface area contributed by atoms with Gasteiger partial charge in [0.2, 0.25) is 21.8 Å². The van der Waals surface area contributed by atoms with Crippen LogP contribution in [-0.4, -0.2) is 50.5 Å². The number of nitrogens with zero attached hydrogens (tertiary/aromatic N) is 2. The first-order valence-electron chi connectivity index (χ1n) is 10.3. The molecule has 2 aromatic carbocycles. The molecule has 0 aliphatic heterocycles. The maximum atomic E-state index is 13.4. The monoisotopic (exact) mass is 479 g/mol. The fourth-order valence-corrected chi connectivity index (χ4v) is 4.10. The highest BCUT2D eigenvalue weighted by atomic mass is 35.5. The van der Waals surface area contributed by atoms with Crippen molar-refractivity contribution in [2.75, 3.05) is 23.7 Å². The first kappa shape index (κ1) is 25.7. The molecule has 0 spiro atoms. The molecule has 0 aromatic heterocycles. The Hall–Kier alpha value is -2.58. The zero-order chi connectivity index (χ0) is 23.9. The van der Waals surface area contributed by atoms with Crippen molar-refractivity contribution in [1.82, 2.24) is 10.2 Å². The number of carbonyl (C=O) groups is 2. The molecule has 2 aromatic rings. The van der Waals surface area contributed by atoms with Gasteiger partial charge in [-0.15, -0.1) is 0 Å². The molecule has 9 heteroatoms. The number of nitrogens with one attached hydrogen (secondary N) is 1. The number of benzene rings is 2. The predicted molar refractivity (Wildman–Crippen MR) is 128 cm³/mol. The van der Waals surface area contributed by atoms with Crippen LogP contribution >= 0.6 is 11.6 Å². The average Bonchev–Trinajstić information content (AvgIpc) is 2.74. The highest BCUT2D eigenvalue weighted by molar-refractivity contribution is 7.92. The molecular formula is C23H30ClN3O4S. The van der Waals surface area contributed by atoms with Gasteiger partial charge < -0.3 is 10.2 Å². The van der Waals surface area contributed by atoms with Gasteiger partial charge in [0.05, 0.1) is 11.9 Å². The zero-order valence-corrected chi connectivity index (χ0v) is 20.4. The SMILES string of the molecule is CC(C)CNC(=O)C(C)N(Cc1ccccc1Cl)C(=O)CN(c1ccccc1)S(C)(=O)=O. The van der Waals surface area contributed by atoms with Crippen molar-refractivity contribution in [1.29, 1.82) is 0 Å². The Kier molecular flexibility index (Phi) is 9.09. The van der Waals surface area contributed by atoms with Crippen LogP contribution in [0.2, 0.25) is 5.02 Å². The van der Waals surface area contributed by atoms with Crippen LogP contribution in [-0.2, 0) is 26.2 Å². The molecule has 174 valence electrons. The molecule has 32 heavy (non-hydrogen) atoms. The van der Waals surface area contributed by atoms with Gasteiger partial charge in [0.25, 0.3) is 0 Å². The minimum atomic E-state index is -3.74. The molecule has 2 amide bonds. The molecule has 0 aliphatic carbocycles. The van der Waals surface area contributed by atoms with E-state index >= 15 is 0 Å². The second-order valence-corrected chi connectivity index (χ2v) is 10.3. The van der Waals surface area contributed by atoms with E-state index in [1.807, 2.05) is 13.8 Å². The minimum absolute atomic E-state index is 0.0706. The van der Waals surface area contributed by atoms with Crippen LogP contribution in [0, 0.1) is 5.92 Å². The van der Waals surface area contributed by atoms with Gasteiger partial charge in [-0.1, -0.05) is 61.8 Å². The Balaban J connectivity index is 2.35. The van der Waals surface area contributed by atoms with Gasteiger partial charge in [-0.2, -0.15) is 0 Å². The Morgan fingerprint density at radius 3 is 2.16 bits per heavy atom. The number of rotatable bonds is 10. The molecule has 0 fully saturated rings. The van der Waals surface area contributed by atoms with Crippen molar-refractivity contribution in [3.05, 3.63) is 65.2 Å². The number of hydrogen-bond donors (Lipinski definition) is 1. The third-order valence-electron chi connectivity index (χ3n) is 4.87. The molecular weight excluding hydrogens is 450 g/mol. The molecule has 7 nitrogen and oxygen atoms in total. The van der Waals surface area contributed by atoms with Crippen molar-refractivity contribution in [2.24, 2.45) is 5.92 Å². The maximum absolute atomic E-state index is 13.4. The summed E-state index contributed by atoms with van der Waals surface area (Å²) in [5.74, 6) is -0.575. The summed E-state index contributed by atoms with van der Waals surface area (Å²) in [6, 6.07) is 14.6. The number of anilines is 1. The van der Waals surface area contributed by atoms with E-state index < -0.39 is 28.5 Å². The van der Waals surface area contributed by atoms with E-state index in [4.69, 9.17) is 11.6 Å². The fraction of sp³-hybridized carbons (Fsp3) is 0.391. The molecule has 0 bridgehead atoms. The summed E-state index contributed by atoms with van der Waals surface area (Å²) in [7, 11) is -3.74. The summed E-state index contributed by atoms with van der Waals surface area (Å²) < 4.78 is 25.9. The standard InChI is InChI=1S/C23H30ClN3O4S/c1-17(2)14-25-23(29)18(3)26(15-19-10-8-9-13-21(19)24)22(28)16-27(32(4,30)31)20-11-6-5-7-12-20/h5-13,17-18H,14-16H2,1-4H3,(H,25,29). The number of sulfonamides is 1. The summed E-state index contributed by atoms with van der Waals surface area (Å²) in [4.78, 5) is 27.5. The summed E-state index contributed by atoms with van der Waals surface area (Å²) in [5.41, 5.74) is 1.04. The molecule has 1 atom stereocenters. The highest BCUT2D eigenvalue weighted by Gasteiger charge is 2.30. The van der Waals surface area contributed by atoms with E-state index in [0.29, 0.717) is 22.8 Å². The van der Waals surface area contributed by atoms with Gasteiger partial charge in [-0.3, -0.25) is 13.9 Å². The molecule has 0 saturated heterocycles. The lowest BCUT2D eigenvalue weighted by molar-refractivity contribution is -0.139. The van der Waals surface area contributed by atoms with Crippen molar-refractivity contribution in [3.8, 4) is 0 Å². The molecule has 1 unspecified atom stereocenters. The van der Waals surface area contributed by atoms with Gasteiger partial charge in [-0.25, -0.2) is 8.42 Å². The normalized spacial score (nSPS) is 12.3. The van der Waals surface area contributed by atoms with Crippen molar-refractivity contribution < 1.29 is 18.0 Å². The number of para-hydroxylation sites is 1. The van der Waals surface area contributed by atoms with Crippen LogP contribution in [0.3, 0.4) is 0 Å². The first-order chi connectivity index (χ1) is 15.0. The zero-order valence-electron chi connectivity index (χ0n) is 18.8. The first-order valence-corrected chi connectivity index (χ1v) is 12.6. The summed E-state index contributed by atoms with van der Waals surface area (Å²) in [6.45, 7) is 5.67. The van der Waals surface area contributed by atoms with Crippen LogP contribution in [0.15, 0.2) is 54.6 Å². The van der Waals surface area contributed by atoms with Crippen molar-refractivity contribution in [3.63, 3.8) is 0 Å². The largest absolute Gasteiger partial charge is 0.354 e. The lowest BCUT2D eigenvalue weighted by atomic mass is 10.1. The van der Waals surface area contributed by atoms with Crippen LogP contribution in [0.4, 0.5) is 5.69 Å². The van der Waals surface area contributed by atoms with E-state index in [1.54, 1.807) is 61.5 Å². The van der Waals surface area contributed by atoms with E-state index in [-0.39, 0.29) is 18.4 Å². The molecule has 0 saturated carbocycles. The quantitative estimate of drug-likeness (QED) is 0.566. The number of amides is 2. The number of carbonyl (C=O) groups excluding carboxylic acids is 2. The Morgan fingerprint density at radius 2 is 1.59 bits per heavy atom. The van der Waals surface area contributed by atoms with Crippen LogP contribution < -0.4 is 9.62 Å². The van der Waals surface area contributed by atoms with E-state index in [0.717, 1.165) is 10.6 Å². The smallest absolute Gasteiger partial charge is 0.244 e. The summed E-state index contributed by atoms with van der Waals surface area (Å²) in [5, 5.41) is 3.30. The average molecular weight is 480 g/mol. The Morgan fingerprint density at radius 1 is 1.00 bits per heavy atom. The van der Waals surface area contributed by atoms with Gasteiger partial charge in [0.15, 0.2) is 0 Å². The number of halogens is 1. The molecule has 2 rings (SSSR count). The van der Waals surface area contributed by atoms with E-state index in [2.05, 4.69) is 5.32 Å². The minimum Gasteiger partial charge on any atom is -0.354 e. The summed E-state index contributed by atoms with van der Waals surface area (Å²) >= 11 is 6.29. The van der Waals surface area contributed by atoms with Crippen molar-refractivity contribution >= 4 is 39.1 Å². The van der Waals surface area contributed by atoms with Crippen LogP contribution in [0.1, 0.15) is 26.3 Å². The second-order valence-electron chi connectivity index (χ2n) is 8.03. The molecule has 0 radical (unpaired) electrons. The summed E-state index contributed by atoms with van der Waals surface area (Å²) in [6.07, 6.45) is 1.05. The van der Waals surface area contributed by atoms with E-state index in [9.17, 15) is 18.0 Å². The Bertz CT molecular complexity index is 1030. The van der Waals surface area contributed by atoms with Gasteiger partial charge in [0.1, 0.15) is 12.6 Å². The van der Waals surface area contributed by atoms with Gasteiger partial charge >= 0.3 is 0 Å². The molecule has 0 aliphatic rings. The lowest BCUT2D eigenvalue weighted by Crippen LogP contribution is -2.51. The van der Waals surface area contributed by atoms with Crippen LogP contribution in [0.5, 0.6) is 0 Å². The lowest BCUT2D eigenvalue weighted by Gasteiger charge is -2.31.